The molecule has 3 unspecified atom stereocenters. The van der Waals surface area contributed by atoms with Crippen LogP contribution in [0.4, 0.5) is 0 Å². The molecule has 5 nitrogen and oxygen atoms in total. The summed E-state index contributed by atoms with van der Waals surface area (Å²) < 4.78 is 22.5. The van der Waals surface area contributed by atoms with Crippen LogP contribution in [-0.4, -0.2) is 50.0 Å². The molecule has 3 atom stereocenters. The molecule has 1 fully saturated rings. The fourth-order valence-electron chi connectivity index (χ4n) is 2.75. The minimum Gasteiger partial charge on any atom is -0.326 e. The molecule has 124 valence electrons. The van der Waals surface area contributed by atoms with E-state index < -0.39 is 9.84 Å². The molecule has 0 aromatic carbocycles. The predicted molar refractivity (Wildman–Crippen MR) is 85.7 cm³/mol. The van der Waals surface area contributed by atoms with Crippen molar-refractivity contribution < 1.29 is 13.2 Å². The smallest absolute Gasteiger partial charge is 0.241 e. The quantitative estimate of drug-likeness (QED) is 0.739. The summed E-state index contributed by atoms with van der Waals surface area (Å²) in [6, 6.07) is -0.128. The average molecular weight is 318 g/mol. The highest BCUT2D eigenvalue weighted by Gasteiger charge is 2.40. The number of sulfone groups is 1. The van der Waals surface area contributed by atoms with E-state index in [9.17, 15) is 13.2 Å². The number of hydrogen-bond acceptors (Lipinski definition) is 4. The van der Waals surface area contributed by atoms with Gasteiger partial charge < -0.3 is 4.90 Å². The molecule has 0 saturated carbocycles. The van der Waals surface area contributed by atoms with Gasteiger partial charge in [-0.2, -0.15) is 0 Å². The maximum atomic E-state index is 12.6. The van der Waals surface area contributed by atoms with Crippen molar-refractivity contribution in [3.8, 4) is 0 Å². The highest BCUT2D eigenvalue weighted by molar-refractivity contribution is 7.90. The number of rotatable bonds is 8. The second-order valence-corrected chi connectivity index (χ2v) is 8.95. The fourth-order valence-corrected chi connectivity index (χ4v) is 3.40. The topological polar surface area (TPSA) is 66.5 Å². The Bertz CT molecular complexity index is 448. The zero-order valence-electron chi connectivity index (χ0n) is 13.9. The third kappa shape index (κ3) is 5.58. The maximum Gasteiger partial charge on any atom is 0.241 e. The van der Waals surface area contributed by atoms with Crippen molar-refractivity contribution in [2.75, 3.05) is 18.6 Å². The summed E-state index contributed by atoms with van der Waals surface area (Å²) in [4.78, 5) is 14.4. The molecule has 1 amide bonds. The lowest BCUT2D eigenvalue weighted by atomic mass is 9.99. The Hall–Kier alpha value is -0.620. The number of nitrogens with one attached hydrogen (secondary N) is 1. The largest absolute Gasteiger partial charge is 0.326 e. The van der Waals surface area contributed by atoms with E-state index in [0.29, 0.717) is 24.8 Å². The first-order valence-corrected chi connectivity index (χ1v) is 9.96. The molecule has 0 aromatic rings. The van der Waals surface area contributed by atoms with Crippen molar-refractivity contribution in [2.24, 2.45) is 11.8 Å². The van der Waals surface area contributed by atoms with E-state index in [1.165, 1.54) is 6.26 Å². The van der Waals surface area contributed by atoms with Crippen LogP contribution in [0, 0.1) is 11.8 Å². The third-order valence-electron chi connectivity index (χ3n) is 4.12. The molecule has 1 aliphatic heterocycles. The molecule has 1 rings (SSSR count). The van der Waals surface area contributed by atoms with Gasteiger partial charge in [0.2, 0.25) is 5.91 Å². The van der Waals surface area contributed by atoms with Gasteiger partial charge in [-0.25, -0.2) is 8.42 Å². The highest BCUT2D eigenvalue weighted by Crippen LogP contribution is 2.23. The van der Waals surface area contributed by atoms with E-state index in [-0.39, 0.29) is 23.9 Å². The Labute approximate surface area is 129 Å². The number of hydrogen-bond donors (Lipinski definition) is 1. The minimum absolute atomic E-state index is 0.0380. The standard InChI is InChI=1S/C15H30N2O3S/c1-6-12(4)14-15(18)17(8-7-9-21(5,19)20)13(16-14)10-11(2)3/h11-14,16H,6-10H2,1-5H3. The molecule has 0 radical (unpaired) electrons. The molecule has 0 bridgehead atoms. The summed E-state index contributed by atoms with van der Waals surface area (Å²) in [5.41, 5.74) is 0. The van der Waals surface area contributed by atoms with E-state index in [1.54, 1.807) is 0 Å². The van der Waals surface area contributed by atoms with Gasteiger partial charge in [-0.15, -0.1) is 0 Å². The molecule has 1 aliphatic rings. The normalized spacial score (nSPS) is 24.9. The molecule has 0 spiro atoms. The zero-order chi connectivity index (χ0) is 16.2. The number of nitrogens with zero attached hydrogens (tertiary/aromatic N) is 1. The van der Waals surface area contributed by atoms with Crippen LogP contribution in [-0.2, 0) is 14.6 Å². The summed E-state index contributed by atoms with van der Waals surface area (Å²) in [5.74, 6) is 1.05. The van der Waals surface area contributed by atoms with Crippen LogP contribution in [0.25, 0.3) is 0 Å². The molecule has 1 N–H and O–H groups in total. The maximum absolute atomic E-state index is 12.6. The predicted octanol–water partition coefficient (Wildman–Crippen LogP) is 1.64. The highest BCUT2D eigenvalue weighted by atomic mass is 32.2. The van der Waals surface area contributed by atoms with Gasteiger partial charge in [-0.1, -0.05) is 34.1 Å². The van der Waals surface area contributed by atoms with Gasteiger partial charge in [0.25, 0.3) is 0 Å². The van der Waals surface area contributed by atoms with E-state index in [0.717, 1.165) is 12.8 Å². The van der Waals surface area contributed by atoms with Crippen molar-refractivity contribution in [2.45, 2.75) is 59.2 Å². The first-order chi connectivity index (χ1) is 9.65. The second kappa shape index (κ2) is 7.58. The minimum atomic E-state index is -2.97. The summed E-state index contributed by atoms with van der Waals surface area (Å²) in [5, 5.41) is 3.45. The van der Waals surface area contributed by atoms with E-state index in [1.807, 2.05) is 4.90 Å². The van der Waals surface area contributed by atoms with Crippen LogP contribution in [0.1, 0.15) is 47.0 Å². The molecular weight excluding hydrogens is 288 g/mol. The molecular formula is C15H30N2O3S. The van der Waals surface area contributed by atoms with Crippen molar-refractivity contribution in [1.29, 1.82) is 0 Å². The number of carbonyl (C=O) groups excluding carboxylic acids is 1. The summed E-state index contributed by atoms with van der Waals surface area (Å²) in [7, 11) is -2.97. The van der Waals surface area contributed by atoms with Crippen LogP contribution in [0.3, 0.4) is 0 Å². The lowest BCUT2D eigenvalue weighted by Crippen LogP contribution is -2.39. The SMILES string of the molecule is CCC(C)C1NC(CC(C)C)N(CCCS(C)(=O)=O)C1=O. The summed E-state index contributed by atoms with van der Waals surface area (Å²) in [6.45, 7) is 8.96. The van der Waals surface area contributed by atoms with Gasteiger partial charge in [-0.3, -0.25) is 10.1 Å². The molecule has 0 aromatic heterocycles. The summed E-state index contributed by atoms with van der Waals surface area (Å²) in [6.07, 6.45) is 3.64. The van der Waals surface area contributed by atoms with E-state index >= 15 is 0 Å². The molecule has 1 saturated heterocycles. The van der Waals surface area contributed by atoms with Crippen molar-refractivity contribution >= 4 is 15.7 Å². The first-order valence-electron chi connectivity index (χ1n) is 7.90. The number of carbonyl (C=O) groups is 1. The Balaban J connectivity index is 2.72. The molecule has 1 heterocycles. The van der Waals surface area contributed by atoms with Gasteiger partial charge in [0.15, 0.2) is 0 Å². The van der Waals surface area contributed by atoms with Crippen LogP contribution in [0.2, 0.25) is 0 Å². The monoisotopic (exact) mass is 318 g/mol. The molecule has 0 aliphatic carbocycles. The van der Waals surface area contributed by atoms with Crippen LogP contribution < -0.4 is 5.32 Å². The molecule has 6 heteroatoms. The van der Waals surface area contributed by atoms with Gasteiger partial charge in [-0.05, 0) is 24.7 Å². The Morgan fingerprint density at radius 3 is 2.38 bits per heavy atom. The Morgan fingerprint density at radius 1 is 1.29 bits per heavy atom. The lowest BCUT2D eigenvalue weighted by molar-refractivity contribution is -0.131. The van der Waals surface area contributed by atoms with Crippen LogP contribution >= 0.6 is 0 Å². The molecule has 21 heavy (non-hydrogen) atoms. The van der Waals surface area contributed by atoms with Crippen molar-refractivity contribution in [3.05, 3.63) is 0 Å². The zero-order valence-corrected chi connectivity index (χ0v) is 14.7. The lowest BCUT2D eigenvalue weighted by Gasteiger charge is -2.25. The second-order valence-electron chi connectivity index (χ2n) is 6.69. The first kappa shape index (κ1) is 18.4. The summed E-state index contributed by atoms with van der Waals surface area (Å²) >= 11 is 0. The van der Waals surface area contributed by atoms with Gasteiger partial charge in [0.1, 0.15) is 9.84 Å². The van der Waals surface area contributed by atoms with E-state index in [2.05, 4.69) is 33.0 Å². The van der Waals surface area contributed by atoms with Gasteiger partial charge >= 0.3 is 0 Å². The fraction of sp³-hybridized carbons (Fsp3) is 0.933. The average Bonchev–Trinajstić information content (AvgIpc) is 2.64. The van der Waals surface area contributed by atoms with Gasteiger partial charge in [0, 0.05) is 12.8 Å². The van der Waals surface area contributed by atoms with Crippen LogP contribution in [0.5, 0.6) is 0 Å². The van der Waals surface area contributed by atoms with Gasteiger partial charge in [0.05, 0.1) is 18.0 Å². The Morgan fingerprint density at radius 2 is 1.90 bits per heavy atom. The Kier molecular flexibility index (Phi) is 6.66. The van der Waals surface area contributed by atoms with E-state index in [4.69, 9.17) is 0 Å². The van der Waals surface area contributed by atoms with Crippen molar-refractivity contribution in [1.82, 2.24) is 10.2 Å². The van der Waals surface area contributed by atoms with Crippen molar-refractivity contribution in [3.63, 3.8) is 0 Å². The third-order valence-corrected chi connectivity index (χ3v) is 5.15. The number of amides is 1. The van der Waals surface area contributed by atoms with Crippen LogP contribution in [0.15, 0.2) is 0 Å².